The molecule has 0 rings (SSSR count). The van der Waals surface area contributed by atoms with Gasteiger partial charge in [0.2, 0.25) is 0 Å². The van der Waals surface area contributed by atoms with Gasteiger partial charge < -0.3 is 0 Å². The Balaban J connectivity index is 3.40. The van der Waals surface area contributed by atoms with E-state index in [0.29, 0.717) is 0 Å². The molecular formula is C8H16Si. The van der Waals surface area contributed by atoms with Gasteiger partial charge in [-0.3, -0.25) is 0 Å². The van der Waals surface area contributed by atoms with Crippen LogP contribution in [0.1, 0.15) is 13.3 Å². The second kappa shape index (κ2) is 5.83. The Kier molecular flexibility index (Phi) is 5.63. The molecule has 1 heteroatoms. The first-order valence-corrected chi connectivity index (χ1v) is 5.88. The molecule has 1 atom stereocenters. The summed E-state index contributed by atoms with van der Waals surface area (Å²) in [5, 5.41) is 0. The van der Waals surface area contributed by atoms with Crippen LogP contribution < -0.4 is 0 Å². The number of allylic oxidation sites excluding steroid dienone is 1. The standard InChI is InChI=1S/C8H16Si/c1-4-7-9(6-3)8-5-2/h4,6,9H,1,3,5,7-8H2,2H3. The lowest BCUT2D eigenvalue weighted by molar-refractivity contribution is 1.06. The predicted octanol–water partition coefficient (Wildman–Crippen LogP) is 2.53. The third-order valence-corrected chi connectivity index (χ3v) is 4.39. The first kappa shape index (κ1) is 8.70. The summed E-state index contributed by atoms with van der Waals surface area (Å²) in [4.78, 5) is 0. The van der Waals surface area contributed by atoms with Crippen LogP contribution in [0, 0.1) is 0 Å². The van der Waals surface area contributed by atoms with E-state index in [1.807, 2.05) is 6.08 Å². The van der Waals surface area contributed by atoms with Crippen molar-refractivity contribution in [3.63, 3.8) is 0 Å². The lowest BCUT2D eigenvalue weighted by atomic mass is 10.6. The van der Waals surface area contributed by atoms with Crippen molar-refractivity contribution in [2.75, 3.05) is 0 Å². The monoisotopic (exact) mass is 140 g/mol. The molecule has 0 aromatic rings. The summed E-state index contributed by atoms with van der Waals surface area (Å²) in [6, 6.07) is 2.60. The van der Waals surface area contributed by atoms with E-state index < -0.39 is 8.80 Å². The Labute approximate surface area is 59.9 Å². The second-order valence-corrected chi connectivity index (χ2v) is 5.35. The minimum absolute atomic E-state index is 0.567. The normalized spacial score (nSPS) is 12.6. The molecule has 0 radical (unpaired) electrons. The van der Waals surface area contributed by atoms with E-state index >= 15 is 0 Å². The maximum atomic E-state index is 3.81. The van der Waals surface area contributed by atoms with Crippen LogP contribution in [0.3, 0.4) is 0 Å². The van der Waals surface area contributed by atoms with E-state index in [1.165, 1.54) is 18.5 Å². The molecule has 0 saturated heterocycles. The molecule has 0 aliphatic heterocycles. The van der Waals surface area contributed by atoms with Gasteiger partial charge in [0, 0.05) is 0 Å². The highest BCUT2D eigenvalue weighted by Crippen LogP contribution is 2.03. The summed E-state index contributed by atoms with van der Waals surface area (Å²) < 4.78 is 0. The molecule has 0 heterocycles. The fraction of sp³-hybridized carbons (Fsp3) is 0.500. The van der Waals surface area contributed by atoms with E-state index in [-0.39, 0.29) is 0 Å². The molecule has 9 heavy (non-hydrogen) atoms. The number of hydrogen-bond acceptors (Lipinski definition) is 0. The average Bonchev–Trinajstić information content (AvgIpc) is 1.88. The van der Waals surface area contributed by atoms with Crippen molar-refractivity contribution in [3.05, 3.63) is 24.9 Å². The molecule has 52 valence electrons. The van der Waals surface area contributed by atoms with Crippen LogP contribution in [0.5, 0.6) is 0 Å². The summed E-state index contributed by atoms with van der Waals surface area (Å²) in [7, 11) is -0.567. The molecule has 0 N–H and O–H groups in total. The van der Waals surface area contributed by atoms with Crippen LogP contribution in [0.25, 0.3) is 0 Å². The largest absolute Gasteiger partial charge is 0.107 e. The maximum Gasteiger partial charge on any atom is 0.0644 e. The highest BCUT2D eigenvalue weighted by molar-refractivity contribution is 6.64. The SMILES string of the molecule is C=CC[SiH](C=C)CCC. The quantitative estimate of drug-likeness (QED) is 0.406. The number of hydrogen-bond donors (Lipinski definition) is 0. The highest BCUT2D eigenvalue weighted by Gasteiger charge is 1.99. The van der Waals surface area contributed by atoms with Gasteiger partial charge in [0.15, 0.2) is 0 Å². The Hall–Kier alpha value is -0.303. The zero-order valence-electron chi connectivity index (χ0n) is 6.27. The van der Waals surface area contributed by atoms with Crippen molar-refractivity contribution < 1.29 is 0 Å². The second-order valence-electron chi connectivity index (χ2n) is 2.31. The smallest absolute Gasteiger partial charge is 0.0644 e. The third kappa shape index (κ3) is 4.22. The fourth-order valence-corrected chi connectivity index (χ4v) is 2.75. The van der Waals surface area contributed by atoms with Crippen molar-refractivity contribution in [2.45, 2.75) is 25.4 Å². The first-order chi connectivity index (χ1) is 4.35. The molecular weight excluding hydrogens is 124 g/mol. The van der Waals surface area contributed by atoms with Crippen LogP contribution >= 0.6 is 0 Å². The maximum absolute atomic E-state index is 3.81. The number of rotatable bonds is 5. The van der Waals surface area contributed by atoms with Crippen LogP contribution in [0.15, 0.2) is 24.9 Å². The van der Waals surface area contributed by atoms with Gasteiger partial charge in [-0.15, -0.1) is 18.9 Å². The van der Waals surface area contributed by atoms with E-state index in [1.54, 1.807) is 0 Å². The highest BCUT2D eigenvalue weighted by atomic mass is 28.3. The van der Waals surface area contributed by atoms with E-state index in [2.05, 4.69) is 25.8 Å². The van der Waals surface area contributed by atoms with Crippen molar-refractivity contribution in [2.24, 2.45) is 0 Å². The van der Waals surface area contributed by atoms with E-state index in [0.717, 1.165) is 0 Å². The summed E-state index contributed by atoms with van der Waals surface area (Å²) >= 11 is 0. The lowest BCUT2D eigenvalue weighted by Gasteiger charge is -2.03. The molecule has 0 aromatic heterocycles. The van der Waals surface area contributed by atoms with Gasteiger partial charge in [-0.25, -0.2) is 0 Å². The molecule has 0 aromatic carbocycles. The summed E-state index contributed by atoms with van der Waals surface area (Å²) in [5.41, 5.74) is 2.16. The first-order valence-electron chi connectivity index (χ1n) is 3.58. The topological polar surface area (TPSA) is 0 Å². The molecule has 1 unspecified atom stereocenters. The Morgan fingerprint density at radius 1 is 1.44 bits per heavy atom. The van der Waals surface area contributed by atoms with Crippen molar-refractivity contribution in [1.29, 1.82) is 0 Å². The third-order valence-electron chi connectivity index (χ3n) is 1.46. The Bertz CT molecular complexity index is 86.6. The van der Waals surface area contributed by atoms with Gasteiger partial charge in [0.1, 0.15) is 0 Å². The lowest BCUT2D eigenvalue weighted by Crippen LogP contribution is -2.05. The van der Waals surface area contributed by atoms with Gasteiger partial charge in [-0.05, 0) is 6.04 Å². The molecule has 0 aliphatic rings. The van der Waals surface area contributed by atoms with Gasteiger partial charge in [-0.2, -0.15) is 0 Å². The molecule has 0 saturated carbocycles. The van der Waals surface area contributed by atoms with Crippen LogP contribution in [-0.4, -0.2) is 8.80 Å². The van der Waals surface area contributed by atoms with Crippen LogP contribution in [0.2, 0.25) is 12.1 Å². The molecule has 0 nitrogen and oxygen atoms in total. The van der Waals surface area contributed by atoms with Crippen molar-refractivity contribution in [3.8, 4) is 0 Å². The fourth-order valence-electron chi connectivity index (χ4n) is 0.917. The van der Waals surface area contributed by atoms with Crippen molar-refractivity contribution in [1.82, 2.24) is 0 Å². The molecule has 0 amide bonds. The van der Waals surface area contributed by atoms with Gasteiger partial charge >= 0.3 is 0 Å². The zero-order valence-corrected chi connectivity index (χ0v) is 7.42. The average molecular weight is 140 g/mol. The summed E-state index contributed by atoms with van der Waals surface area (Å²) in [6.07, 6.45) is 3.32. The van der Waals surface area contributed by atoms with Gasteiger partial charge in [0.25, 0.3) is 0 Å². The molecule has 0 fully saturated rings. The molecule has 0 spiro atoms. The Morgan fingerprint density at radius 2 is 2.11 bits per heavy atom. The van der Waals surface area contributed by atoms with Crippen molar-refractivity contribution >= 4 is 8.80 Å². The molecule has 0 bridgehead atoms. The van der Waals surface area contributed by atoms with Gasteiger partial charge in [-0.1, -0.05) is 25.5 Å². The summed E-state index contributed by atoms with van der Waals surface area (Å²) in [5.74, 6) is 0. The van der Waals surface area contributed by atoms with Crippen LogP contribution in [-0.2, 0) is 0 Å². The van der Waals surface area contributed by atoms with Gasteiger partial charge in [0.05, 0.1) is 8.80 Å². The van der Waals surface area contributed by atoms with E-state index in [4.69, 9.17) is 0 Å². The molecule has 0 aliphatic carbocycles. The Morgan fingerprint density at radius 3 is 2.44 bits per heavy atom. The van der Waals surface area contributed by atoms with E-state index in [9.17, 15) is 0 Å². The zero-order chi connectivity index (χ0) is 7.11. The predicted molar refractivity (Wildman–Crippen MR) is 47.4 cm³/mol. The van der Waals surface area contributed by atoms with Crippen LogP contribution in [0.4, 0.5) is 0 Å². The minimum Gasteiger partial charge on any atom is -0.107 e. The summed E-state index contributed by atoms with van der Waals surface area (Å²) in [6.45, 7) is 9.76. The minimum atomic E-state index is -0.567.